The van der Waals surface area contributed by atoms with Crippen molar-refractivity contribution in [3.8, 4) is 0 Å². The van der Waals surface area contributed by atoms with Gasteiger partial charge < -0.3 is 0 Å². The van der Waals surface area contributed by atoms with Gasteiger partial charge in [0, 0.05) is 7.14 Å². The number of unbranched alkanes of at least 4 members (excludes halogenated alkanes) is 6. The first kappa shape index (κ1) is 18.7. The highest BCUT2D eigenvalue weighted by atomic mass is 127. The number of halogens is 2. The van der Waals surface area contributed by atoms with E-state index in [0.29, 0.717) is 0 Å². The fourth-order valence-electron chi connectivity index (χ4n) is 2.63. The molecule has 2 heteroatoms. The first-order valence-corrected chi connectivity index (χ1v) is 10.3. The van der Waals surface area contributed by atoms with E-state index in [2.05, 4.69) is 71.2 Å². The van der Waals surface area contributed by atoms with Gasteiger partial charge in [0.15, 0.2) is 0 Å². The maximum absolute atomic E-state index is 2.53. The molecule has 20 heavy (non-hydrogen) atoms. The lowest BCUT2D eigenvalue weighted by molar-refractivity contribution is 0.648. The molecule has 0 aliphatic heterocycles. The van der Waals surface area contributed by atoms with Crippen LogP contribution in [0.25, 0.3) is 0 Å². The zero-order valence-electron chi connectivity index (χ0n) is 13.0. The van der Waals surface area contributed by atoms with Gasteiger partial charge in [0.1, 0.15) is 0 Å². The smallest absolute Gasteiger partial charge is 0.0165 e. The highest BCUT2D eigenvalue weighted by Crippen LogP contribution is 2.26. The molecule has 0 fully saturated rings. The summed E-state index contributed by atoms with van der Waals surface area (Å²) in [6.45, 7) is 4.57. The molecule has 0 bridgehead atoms. The minimum absolute atomic E-state index is 1.28. The monoisotopic (exact) mass is 498 g/mol. The van der Waals surface area contributed by atoms with E-state index in [4.69, 9.17) is 0 Å². The van der Waals surface area contributed by atoms with Crippen molar-refractivity contribution >= 4 is 45.2 Å². The molecule has 0 aromatic heterocycles. The second-order valence-corrected chi connectivity index (χ2v) is 7.93. The summed E-state index contributed by atoms with van der Waals surface area (Å²) in [4.78, 5) is 0. The number of hydrogen-bond donors (Lipinski definition) is 0. The second-order valence-electron chi connectivity index (χ2n) is 5.61. The van der Waals surface area contributed by atoms with Crippen molar-refractivity contribution < 1.29 is 0 Å². The minimum Gasteiger partial charge on any atom is -0.0654 e. The van der Waals surface area contributed by atoms with Crippen LogP contribution in [0, 0.1) is 7.14 Å². The Kier molecular flexibility index (Phi) is 10.6. The molecule has 1 aromatic carbocycles. The van der Waals surface area contributed by atoms with Crippen LogP contribution in [0.5, 0.6) is 0 Å². The fraction of sp³-hybridized carbons (Fsp3) is 0.667. The van der Waals surface area contributed by atoms with Crippen molar-refractivity contribution in [2.45, 2.75) is 78.1 Å². The molecule has 0 aliphatic rings. The molecule has 0 nitrogen and oxygen atoms in total. The average Bonchev–Trinajstić information content (AvgIpc) is 2.45. The van der Waals surface area contributed by atoms with Gasteiger partial charge >= 0.3 is 0 Å². The Labute approximate surface area is 152 Å². The minimum atomic E-state index is 1.28. The van der Waals surface area contributed by atoms with Crippen molar-refractivity contribution in [3.05, 3.63) is 30.4 Å². The van der Waals surface area contributed by atoms with Gasteiger partial charge in [-0.3, -0.25) is 0 Å². The van der Waals surface area contributed by atoms with Crippen LogP contribution < -0.4 is 0 Å². The van der Waals surface area contributed by atoms with E-state index in [1.807, 2.05) is 0 Å². The molecule has 0 saturated carbocycles. The average molecular weight is 498 g/mol. The first-order chi connectivity index (χ1) is 9.70. The van der Waals surface area contributed by atoms with Gasteiger partial charge in [-0.1, -0.05) is 52.4 Å². The quantitative estimate of drug-likeness (QED) is 0.238. The summed E-state index contributed by atoms with van der Waals surface area (Å²) < 4.78 is 2.95. The molecule has 0 radical (unpaired) electrons. The Morgan fingerprint density at radius 3 is 1.40 bits per heavy atom. The van der Waals surface area contributed by atoms with Crippen LogP contribution in [0.1, 0.15) is 76.3 Å². The summed E-state index contributed by atoms with van der Waals surface area (Å²) in [6, 6.07) is 4.60. The Balaban J connectivity index is 2.66. The highest BCUT2D eigenvalue weighted by molar-refractivity contribution is 14.1. The zero-order chi connectivity index (χ0) is 14.8. The molecule has 0 atom stereocenters. The van der Waals surface area contributed by atoms with Crippen LogP contribution in [0.15, 0.2) is 12.1 Å². The van der Waals surface area contributed by atoms with Crippen LogP contribution >= 0.6 is 45.2 Å². The lowest BCUT2D eigenvalue weighted by atomic mass is 9.97. The largest absolute Gasteiger partial charge is 0.0654 e. The lowest BCUT2D eigenvalue weighted by Crippen LogP contribution is -2.01. The molecule has 0 saturated heterocycles. The summed E-state index contributed by atoms with van der Waals surface area (Å²) in [6.07, 6.45) is 13.4. The van der Waals surface area contributed by atoms with Crippen molar-refractivity contribution in [3.63, 3.8) is 0 Å². The van der Waals surface area contributed by atoms with Crippen molar-refractivity contribution in [2.75, 3.05) is 0 Å². The van der Waals surface area contributed by atoms with Crippen LogP contribution in [-0.4, -0.2) is 0 Å². The summed E-state index contributed by atoms with van der Waals surface area (Å²) in [5, 5.41) is 0. The number of hydrogen-bond acceptors (Lipinski definition) is 0. The second kappa shape index (κ2) is 11.3. The van der Waals surface area contributed by atoms with Gasteiger partial charge in [-0.25, -0.2) is 0 Å². The first-order valence-electron chi connectivity index (χ1n) is 8.16. The van der Waals surface area contributed by atoms with E-state index in [-0.39, 0.29) is 0 Å². The molecule has 1 aromatic rings. The number of benzene rings is 1. The molecule has 1 rings (SSSR count). The topological polar surface area (TPSA) is 0 Å². The summed E-state index contributed by atoms with van der Waals surface area (Å²) in [5.74, 6) is 0. The SMILES string of the molecule is CCCCCCc1c(I)ccc(I)c1CCCCCC. The Hall–Kier alpha value is 0.680. The molecule has 0 aliphatic carbocycles. The number of rotatable bonds is 10. The lowest BCUT2D eigenvalue weighted by Gasteiger charge is -2.14. The van der Waals surface area contributed by atoms with Crippen LogP contribution in [0.4, 0.5) is 0 Å². The van der Waals surface area contributed by atoms with Crippen molar-refractivity contribution in [1.82, 2.24) is 0 Å². The van der Waals surface area contributed by atoms with Gasteiger partial charge in [-0.05, 0) is 94.1 Å². The molecule has 114 valence electrons. The Bertz CT molecular complexity index is 348. The molecule has 0 N–H and O–H groups in total. The Morgan fingerprint density at radius 2 is 1.05 bits per heavy atom. The van der Waals surface area contributed by atoms with E-state index in [1.165, 1.54) is 71.3 Å². The van der Waals surface area contributed by atoms with Crippen LogP contribution in [0.2, 0.25) is 0 Å². The molecular weight excluding hydrogens is 470 g/mol. The molecular formula is C18H28I2. The molecule has 0 unspecified atom stereocenters. The van der Waals surface area contributed by atoms with Gasteiger partial charge in [0.25, 0.3) is 0 Å². The van der Waals surface area contributed by atoms with Crippen LogP contribution in [0.3, 0.4) is 0 Å². The maximum Gasteiger partial charge on any atom is 0.0165 e. The third-order valence-electron chi connectivity index (χ3n) is 3.88. The molecule has 0 spiro atoms. The molecule has 0 heterocycles. The third-order valence-corrected chi connectivity index (χ3v) is 5.90. The summed E-state index contributed by atoms with van der Waals surface area (Å²) in [5.41, 5.74) is 3.29. The zero-order valence-corrected chi connectivity index (χ0v) is 17.3. The standard InChI is InChI=1S/C18H28I2/c1-3-5-7-9-11-15-16(12-10-8-6-4-2)18(20)14-13-17(15)19/h13-14H,3-12H2,1-2H3. The van der Waals surface area contributed by atoms with E-state index in [9.17, 15) is 0 Å². The third kappa shape index (κ3) is 6.63. The maximum atomic E-state index is 2.53. The molecule has 0 amide bonds. The highest BCUT2D eigenvalue weighted by Gasteiger charge is 2.10. The summed E-state index contributed by atoms with van der Waals surface area (Å²) >= 11 is 5.06. The van der Waals surface area contributed by atoms with E-state index in [1.54, 1.807) is 11.1 Å². The van der Waals surface area contributed by atoms with Crippen molar-refractivity contribution in [2.24, 2.45) is 0 Å². The van der Waals surface area contributed by atoms with Crippen molar-refractivity contribution in [1.29, 1.82) is 0 Å². The predicted molar refractivity (Wildman–Crippen MR) is 108 cm³/mol. The van der Waals surface area contributed by atoms with Gasteiger partial charge in [0.05, 0.1) is 0 Å². The predicted octanol–water partition coefficient (Wildman–Crippen LogP) is 7.14. The van der Waals surface area contributed by atoms with Gasteiger partial charge in [0.2, 0.25) is 0 Å². The van der Waals surface area contributed by atoms with E-state index in [0.717, 1.165) is 0 Å². The van der Waals surface area contributed by atoms with Gasteiger partial charge in [-0.15, -0.1) is 0 Å². The van der Waals surface area contributed by atoms with Crippen LogP contribution in [-0.2, 0) is 12.8 Å². The fourth-order valence-corrected chi connectivity index (χ4v) is 4.18. The summed E-state index contributed by atoms with van der Waals surface area (Å²) in [7, 11) is 0. The van der Waals surface area contributed by atoms with E-state index >= 15 is 0 Å². The van der Waals surface area contributed by atoms with Gasteiger partial charge in [-0.2, -0.15) is 0 Å². The normalized spacial score (nSPS) is 11.0. The van der Waals surface area contributed by atoms with E-state index < -0.39 is 0 Å². The Morgan fingerprint density at radius 1 is 0.650 bits per heavy atom.